The zero-order valence-electron chi connectivity index (χ0n) is 13.7. The fourth-order valence-corrected chi connectivity index (χ4v) is 4.00. The molecule has 0 N–H and O–H groups in total. The van der Waals surface area contributed by atoms with E-state index in [1.54, 1.807) is 17.8 Å². The molecule has 0 amide bonds. The van der Waals surface area contributed by atoms with Crippen molar-refractivity contribution in [1.82, 2.24) is 14.8 Å². The number of allylic oxidation sites excluding steroid dienone is 1. The lowest BCUT2D eigenvalue weighted by molar-refractivity contribution is 0.731. The molecule has 0 unspecified atom stereocenters. The summed E-state index contributed by atoms with van der Waals surface area (Å²) in [5.74, 6) is 1.54. The minimum atomic E-state index is 0.635. The van der Waals surface area contributed by atoms with E-state index < -0.39 is 0 Å². The first kappa shape index (κ1) is 18.1. The summed E-state index contributed by atoms with van der Waals surface area (Å²) in [5.41, 5.74) is 3.26. The van der Waals surface area contributed by atoms with Gasteiger partial charge in [-0.15, -0.1) is 16.8 Å². The van der Waals surface area contributed by atoms with Gasteiger partial charge in [-0.2, -0.15) is 0 Å². The van der Waals surface area contributed by atoms with Gasteiger partial charge in [0.25, 0.3) is 0 Å². The molecular formula is C19H17Cl2N3S. The standard InChI is InChI=1S/C19H17Cl2N3S/c1-3-10-24-18(16-7-5-4-6-13(16)2)22-23-19(24)25-12-14-8-9-15(20)11-17(14)21/h3-9,11H,1,10,12H2,2H3. The number of thioether (sulfide) groups is 1. The van der Waals surface area contributed by atoms with Crippen LogP contribution in [0.1, 0.15) is 11.1 Å². The summed E-state index contributed by atoms with van der Waals surface area (Å²) >= 11 is 13.8. The molecule has 0 aliphatic rings. The Morgan fingerprint density at radius 1 is 1.16 bits per heavy atom. The summed E-state index contributed by atoms with van der Waals surface area (Å²) in [5, 5.41) is 10.9. The molecule has 0 radical (unpaired) electrons. The van der Waals surface area contributed by atoms with E-state index in [1.165, 1.54) is 0 Å². The van der Waals surface area contributed by atoms with Crippen LogP contribution in [0, 0.1) is 6.92 Å². The number of aryl methyl sites for hydroxylation is 1. The van der Waals surface area contributed by atoms with Crippen molar-refractivity contribution in [2.75, 3.05) is 0 Å². The highest BCUT2D eigenvalue weighted by molar-refractivity contribution is 7.98. The van der Waals surface area contributed by atoms with Crippen LogP contribution in [0.2, 0.25) is 10.0 Å². The van der Waals surface area contributed by atoms with Gasteiger partial charge in [0.1, 0.15) is 0 Å². The van der Waals surface area contributed by atoms with Crippen LogP contribution in [0.5, 0.6) is 0 Å². The van der Waals surface area contributed by atoms with Crippen LogP contribution >= 0.6 is 35.0 Å². The molecule has 0 saturated carbocycles. The van der Waals surface area contributed by atoms with E-state index in [-0.39, 0.29) is 0 Å². The van der Waals surface area contributed by atoms with Crippen molar-refractivity contribution in [3.05, 3.63) is 76.3 Å². The summed E-state index contributed by atoms with van der Waals surface area (Å²) in [6.07, 6.45) is 1.85. The Kier molecular flexibility index (Phi) is 5.84. The maximum atomic E-state index is 6.26. The molecule has 2 aromatic carbocycles. The van der Waals surface area contributed by atoms with Gasteiger partial charge in [0.05, 0.1) is 0 Å². The second-order valence-electron chi connectivity index (χ2n) is 5.54. The zero-order valence-corrected chi connectivity index (χ0v) is 16.1. The normalized spacial score (nSPS) is 10.8. The topological polar surface area (TPSA) is 30.7 Å². The van der Waals surface area contributed by atoms with Crippen molar-refractivity contribution in [1.29, 1.82) is 0 Å². The van der Waals surface area contributed by atoms with Crippen LogP contribution in [-0.2, 0) is 12.3 Å². The minimum absolute atomic E-state index is 0.635. The third kappa shape index (κ3) is 4.09. The Morgan fingerprint density at radius 3 is 2.68 bits per heavy atom. The van der Waals surface area contributed by atoms with E-state index >= 15 is 0 Å². The molecule has 3 rings (SSSR count). The summed E-state index contributed by atoms with van der Waals surface area (Å²) in [6.45, 7) is 6.57. The Morgan fingerprint density at radius 2 is 1.96 bits per heavy atom. The van der Waals surface area contributed by atoms with E-state index in [0.29, 0.717) is 22.3 Å². The second kappa shape index (κ2) is 8.09. The van der Waals surface area contributed by atoms with Crippen LogP contribution in [-0.4, -0.2) is 14.8 Å². The molecule has 1 heterocycles. The molecule has 6 heteroatoms. The van der Waals surface area contributed by atoms with Crippen molar-refractivity contribution >= 4 is 35.0 Å². The zero-order chi connectivity index (χ0) is 17.8. The van der Waals surface area contributed by atoms with Gasteiger partial charge in [-0.05, 0) is 30.2 Å². The first-order valence-electron chi connectivity index (χ1n) is 7.77. The molecule has 1 aromatic heterocycles. The predicted octanol–water partition coefficient (Wildman–Crippen LogP) is 6.04. The Hall–Kier alpha value is -1.75. The highest BCUT2D eigenvalue weighted by atomic mass is 35.5. The van der Waals surface area contributed by atoms with E-state index in [0.717, 1.165) is 27.7 Å². The number of hydrogen-bond donors (Lipinski definition) is 0. The van der Waals surface area contributed by atoms with Gasteiger partial charge in [0.15, 0.2) is 11.0 Å². The molecule has 0 atom stereocenters. The Labute approximate surface area is 161 Å². The van der Waals surface area contributed by atoms with Crippen LogP contribution < -0.4 is 0 Å². The summed E-state index contributed by atoms with van der Waals surface area (Å²) in [7, 11) is 0. The number of rotatable bonds is 6. The van der Waals surface area contributed by atoms with Crippen molar-refractivity contribution in [2.24, 2.45) is 0 Å². The summed E-state index contributed by atoms with van der Waals surface area (Å²) in [6, 6.07) is 13.7. The maximum Gasteiger partial charge on any atom is 0.192 e. The van der Waals surface area contributed by atoms with Gasteiger partial charge in [-0.3, -0.25) is 4.57 Å². The molecular weight excluding hydrogens is 373 g/mol. The van der Waals surface area contributed by atoms with Crippen molar-refractivity contribution < 1.29 is 0 Å². The molecule has 25 heavy (non-hydrogen) atoms. The van der Waals surface area contributed by atoms with Crippen LogP contribution in [0.3, 0.4) is 0 Å². The molecule has 0 bridgehead atoms. The van der Waals surface area contributed by atoms with Gasteiger partial charge in [0.2, 0.25) is 0 Å². The monoisotopic (exact) mass is 389 g/mol. The Bertz CT molecular complexity index is 905. The quantitative estimate of drug-likeness (QED) is 0.380. The average Bonchev–Trinajstić information content (AvgIpc) is 2.98. The van der Waals surface area contributed by atoms with Crippen molar-refractivity contribution in [2.45, 2.75) is 24.4 Å². The molecule has 0 saturated heterocycles. The van der Waals surface area contributed by atoms with Gasteiger partial charge < -0.3 is 0 Å². The minimum Gasteiger partial charge on any atom is -0.298 e. The van der Waals surface area contributed by atoms with E-state index in [4.69, 9.17) is 23.2 Å². The molecule has 3 nitrogen and oxygen atoms in total. The fraction of sp³-hybridized carbons (Fsp3) is 0.158. The van der Waals surface area contributed by atoms with E-state index in [2.05, 4.69) is 40.4 Å². The largest absolute Gasteiger partial charge is 0.298 e. The summed E-state index contributed by atoms with van der Waals surface area (Å²) in [4.78, 5) is 0. The molecule has 0 spiro atoms. The van der Waals surface area contributed by atoms with Gasteiger partial charge in [-0.25, -0.2) is 0 Å². The fourth-order valence-electron chi connectivity index (χ4n) is 2.49. The molecule has 3 aromatic rings. The van der Waals surface area contributed by atoms with Crippen LogP contribution in [0.25, 0.3) is 11.4 Å². The average molecular weight is 390 g/mol. The lowest BCUT2D eigenvalue weighted by Crippen LogP contribution is -2.01. The van der Waals surface area contributed by atoms with Crippen molar-refractivity contribution in [3.8, 4) is 11.4 Å². The number of halogens is 2. The van der Waals surface area contributed by atoms with E-state index in [1.807, 2.05) is 30.3 Å². The molecule has 0 fully saturated rings. The number of benzene rings is 2. The molecule has 128 valence electrons. The van der Waals surface area contributed by atoms with Gasteiger partial charge in [-0.1, -0.05) is 71.4 Å². The predicted molar refractivity (Wildman–Crippen MR) is 106 cm³/mol. The van der Waals surface area contributed by atoms with Gasteiger partial charge >= 0.3 is 0 Å². The van der Waals surface area contributed by atoms with Gasteiger partial charge in [0, 0.05) is 27.9 Å². The third-order valence-electron chi connectivity index (χ3n) is 3.79. The maximum absolute atomic E-state index is 6.26. The third-order valence-corrected chi connectivity index (χ3v) is 5.39. The lowest BCUT2D eigenvalue weighted by Gasteiger charge is -2.10. The molecule has 0 aliphatic carbocycles. The van der Waals surface area contributed by atoms with Crippen LogP contribution in [0.4, 0.5) is 0 Å². The highest BCUT2D eigenvalue weighted by Crippen LogP contribution is 2.30. The number of hydrogen-bond acceptors (Lipinski definition) is 3. The number of aromatic nitrogens is 3. The second-order valence-corrected chi connectivity index (χ2v) is 7.33. The SMILES string of the molecule is C=CCn1c(SCc2ccc(Cl)cc2Cl)nnc1-c1ccccc1C. The summed E-state index contributed by atoms with van der Waals surface area (Å²) < 4.78 is 2.07. The first-order chi connectivity index (χ1) is 12.1. The first-order valence-corrected chi connectivity index (χ1v) is 9.51. The van der Waals surface area contributed by atoms with Crippen molar-refractivity contribution in [3.63, 3.8) is 0 Å². The van der Waals surface area contributed by atoms with Crippen LogP contribution in [0.15, 0.2) is 60.3 Å². The number of nitrogens with zero attached hydrogens (tertiary/aromatic N) is 3. The smallest absolute Gasteiger partial charge is 0.192 e. The lowest BCUT2D eigenvalue weighted by atomic mass is 10.1. The van der Waals surface area contributed by atoms with E-state index in [9.17, 15) is 0 Å². The Balaban J connectivity index is 1.89. The highest BCUT2D eigenvalue weighted by Gasteiger charge is 2.15. The molecule has 0 aliphatic heterocycles.